The number of hydrogen-bond donors (Lipinski definition) is 0. The number of fused-ring (bicyclic) bond motifs is 5. The molecule has 7 aromatic carbocycles. The smallest absolute Gasteiger partial charge is 0.181 e. The zero-order valence-electron chi connectivity index (χ0n) is 40.2. The highest BCUT2D eigenvalue weighted by Crippen LogP contribution is 2.60. The summed E-state index contributed by atoms with van der Waals surface area (Å²) in [6.45, 7) is 7.96. The summed E-state index contributed by atoms with van der Waals surface area (Å²) >= 11 is 3.91. The summed E-state index contributed by atoms with van der Waals surface area (Å²) in [7, 11) is 0. The average molecular weight is 952 g/mol. The zero-order chi connectivity index (χ0) is 47.7. The highest BCUT2D eigenvalue weighted by Gasteiger charge is 2.46. The van der Waals surface area contributed by atoms with Gasteiger partial charge in [-0.2, -0.15) is 5.10 Å². The molecule has 3 nitrogen and oxygen atoms in total. The minimum atomic E-state index is -0.365. The van der Waals surface area contributed by atoms with Crippen LogP contribution in [-0.2, 0) is 12.0 Å². The molecule has 3 heterocycles. The molecule has 13 rings (SSSR count). The molecule has 4 atom stereocenters. The van der Waals surface area contributed by atoms with Crippen LogP contribution in [0.2, 0.25) is 0 Å². The number of thiophene rings is 1. The fourth-order valence-corrected chi connectivity index (χ4v) is 14.6. The summed E-state index contributed by atoms with van der Waals surface area (Å²) in [4.78, 5) is 8.53. The Balaban J connectivity index is 0.987. The van der Waals surface area contributed by atoms with Crippen LogP contribution in [0, 0.1) is 17.3 Å². The van der Waals surface area contributed by atoms with Gasteiger partial charge < -0.3 is 0 Å². The van der Waals surface area contributed by atoms with Crippen molar-refractivity contribution in [3.63, 3.8) is 0 Å². The van der Waals surface area contributed by atoms with Crippen molar-refractivity contribution in [3.05, 3.63) is 251 Å². The lowest BCUT2D eigenvalue weighted by molar-refractivity contribution is 0.277. The van der Waals surface area contributed by atoms with Gasteiger partial charge >= 0.3 is 0 Å². The van der Waals surface area contributed by atoms with E-state index in [2.05, 4.69) is 244 Å². The van der Waals surface area contributed by atoms with Gasteiger partial charge in [0.25, 0.3) is 0 Å². The Labute approximate surface area is 425 Å². The van der Waals surface area contributed by atoms with Crippen LogP contribution in [0.4, 0.5) is 0 Å². The molecule has 9 aromatic rings. The Bertz CT molecular complexity index is 3750. The SMILES string of the molecule is CC1CC(c2ccccc2)=CC2=C1SC1=CC=CC(C)(Cn3nc(-c4ccccc4)nc3-c3cc(-c4cccc(-c5ccccc5)c4)cc(C4(C)CC=CC=C4c4cccc5c4sc4ccccc45)c3)C12. The highest BCUT2D eigenvalue weighted by molar-refractivity contribution is 8.07. The molecule has 0 N–H and O–H groups in total. The molecule has 0 bridgehead atoms. The van der Waals surface area contributed by atoms with Crippen molar-refractivity contribution in [1.29, 1.82) is 0 Å². The number of allylic oxidation sites excluding steroid dienone is 12. The van der Waals surface area contributed by atoms with Crippen LogP contribution in [0.3, 0.4) is 0 Å². The van der Waals surface area contributed by atoms with Crippen LogP contribution in [0.15, 0.2) is 234 Å². The minimum absolute atomic E-state index is 0.200. The molecule has 0 saturated heterocycles. The zero-order valence-corrected chi connectivity index (χ0v) is 41.9. The molecule has 0 saturated carbocycles. The molecule has 4 unspecified atom stereocenters. The number of aromatic nitrogens is 3. The highest BCUT2D eigenvalue weighted by atomic mass is 32.2. The second-order valence-corrected chi connectivity index (χ2v) is 22.5. The molecular formula is C66H53N3S2. The fraction of sp³-hybridized carbons (Fsp3) is 0.152. The van der Waals surface area contributed by atoms with E-state index in [0.717, 1.165) is 41.2 Å². The van der Waals surface area contributed by atoms with Gasteiger partial charge in [-0.25, -0.2) is 9.67 Å². The maximum atomic E-state index is 5.59. The summed E-state index contributed by atoms with van der Waals surface area (Å²) in [5.74, 6) is 2.26. The van der Waals surface area contributed by atoms with Crippen LogP contribution in [0.5, 0.6) is 0 Å². The van der Waals surface area contributed by atoms with E-state index in [0.29, 0.717) is 12.5 Å². The van der Waals surface area contributed by atoms with E-state index >= 15 is 0 Å². The summed E-state index contributed by atoms with van der Waals surface area (Å²) < 4.78 is 4.90. The molecule has 2 aromatic heterocycles. The predicted molar refractivity (Wildman–Crippen MR) is 302 cm³/mol. The van der Waals surface area contributed by atoms with Crippen molar-refractivity contribution >= 4 is 54.4 Å². The first-order chi connectivity index (χ1) is 34.8. The summed E-state index contributed by atoms with van der Waals surface area (Å²) in [5.41, 5.74) is 14.2. The maximum absolute atomic E-state index is 5.59. The number of rotatable bonds is 9. The van der Waals surface area contributed by atoms with Crippen LogP contribution < -0.4 is 0 Å². The molecule has 4 aliphatic rings. The van der Waals surface area contributed by atoms with Gasteiger partial charge in [-0.3, -0.25) is 0 Å². The van der Waals surface area contributed by atoms with Gasteiger partial charge in [0.1, 0.15) is 0 Å². The predicted octanol–water partition coefficient (Wildman–Crippen LogP) is 17.8. The third kappa shape index (κ3) is 7.65. The van der Waals surface area contributed by atoms with Crippen LogP contribution >= 0.6 is 23.1 Å². The third-order valence-corrected chi connectivity index (χ3v) is 18.2. The molecule has 5 heteroatoms. The molecule has 0 fully saturated rings. The van der Waals surface area contributed by atoms with E-state index in [1.807, 2.05) is 23.1 Å². The van der Waals surface area contributed by atoms with Crippen molar-refractivity contribution in [2.24, 2.45) is 17.3 Å². The maximum Gasteiger partial charge on any atom is 0.181 e. The Morgan fingerprint density at radius 2 is 1.30 bits per heavy atom. The number of benzene rings is 7. The first kappa shape index (κ1) is 43.7. The monoisotopic (exact) mass is 951 g/mol. The van der Waals surface area contributed by atoms with Crippen molar-refractivity contribution < 1.29 is 0 Å². The van der Waals surface area contributed by atoms with Crippen LogP contribution in [0.25, 0.3) is 76.3 Å². The molecule has 1 aliphatic heterocycles. The lowest BCUT2D eigenvalue weighted by Gasteiger charge is -2.37. The Morgan fingerprint density at radius 1 is 0.634 bits per heavy atom. The molecule has 344 valence electrons. The molecule has 0 spiro atoms. The standard InChI is InChI=1S/C66H53N3S2/c1-43-36-49(45-22-9-5-10-23-45)41-56-60-59(71-61(43)56)33-19-34-65(60,2)42-69-64(67-63(68-69)46-24-11-6-12-25-46)51-38-50(48-27-17-26-47(37-48)44-20-7-4-8-21-44)39-52(40-51)66(3)35-16-15-31-57(66)55-30-18-29-54-53-28-13-14-32-58(53)70-62(54)55/h4-34,37-41,43,60H,35-36,42H2,1-3H3. The Morgan fingerprint density at radius 3 is 2.10 bits per heavy atom. The van der Waals surface area contributed by atoms with Crippen molar-refractivity contribution in [2.45, 2.75) is 45.6 Å². The number of hydrogen-bond acceptors (Lipinski definition) is 4. The number of thioether (sulfide) groups is 1. The van der Waals surface area contributed by atoms with Gasteiger partial charge in [0.15, 0.2) is 11.6 Å². The summed E-state index contributed by atoms with van der Waals surface area (Å²) in [6.07, 6.45) is 18.5. The van der Waals surface area contributed by atoms with E-state index in [9.17, 15) is 0 Å². The lowest BCUT2D eigenvalue weighted by atomic mass is 9.68. The van der Waals surface area contributed by atoms with Crippen molar-refractivity contribution in [2.75, 3.05) is 0 Å². The van der Waals surface area contributed by atoms with Gasteiger partial charge in [-0.1, -0.05) is 227 Å². The molecule has 0 amide bonds. The number of nitrogens with zero attached hydrogens (tertiary/aromatic N) is 3. The molecule has 0 radical (unpaired) electrons. The molecule has 3 aliphatic carbocycles. The van der Waals surface area contributed by atoms with E-state index in [1.54, 1.807) is 0 Å². The van der Waals surface area contributed by atoms with E-state index < -0.39 is 0 Å². The second-order valence-electron chi connectivity index (χ2n) is 20.3. The van der Waals surface area contributed by atoms with Gasteiger partial charge in [0, 0.05) is 48.0 Å². The molecule has 71 heavy (non-hydrogen) atoms. The van der Waals surface area contributed by atoms with E-state index in [-0.39, 0.29) is 16.7 Å². The van der Waals surface area contributed by atoms with Gasteiger partial charge in [0.05, 0.1) is 6.54 Å². The van der Waals surface area contributed by atoms with E-state index in [4.69, 9.17) is 10.1 Å². The van der Waals surface area contributed by atoms with Crippen LogP contribution in [-0.4, -0.2) is 14.8 Å². The second kappa shape index (κ2) is 17.5. The van der Waals surface area contributed by atoms with Gasteiger partial charge in [0.2, 0.25) is 0 Å². The van der Waals surface area contributed by atoms with Crippen molar-refractivity contribution in [3.8, 4) is 45.0 Å². The van der Waals surface area contributed by atoms with Crippen LogP contribution in [0.1, 0.15) is 50.3 Å². The Kier molecular flexibility index (Phi) is 10.8. The van der Waals surface area contributed by atoms with E-state index in [1.165, 1.54) is 80.1 Å². The largest absolute Gasteiger partial charge is 0.244 e. The van der Waals surface area contributed by atoms with Crippen molar-refractivity contribution in [1.82, 2.24) is 14.8 Å². The quantitative estimate of drug-likeness (QED) is 0.144. The first-order valence-electron chi connectivity index (χ1n) is 25.0. The third-order valence-electron chi connectivity index (χ3n) is 15.5. The van der Waals surface area contributed by atoms with Gasteiger partial charge in [-0.05, 0) is 108 Å². The summed E-state index contributed by atoms with van der Waals surface area (Å²) in [5, 5.41) is 8.15. The fourth-order valence-electron chi connectivity index (χ4n) is 11.8. The topological polar surface area (TPSA) is 30.7 Å². The Hall–Kier alpha value is -7.31. The minimum Gasteiger partial charge on any atom is -0.244 e. The lowest BCUT2D eigenvalue weighted by Crippen LogP contribution is -2.33. The van der Waals surface area contributed by atoms with Gasteiger partial charge in [-0.15, -0.1) is 11.3 Å². The first-order valence-corrected chi connectivity index (χ1v) is 26.6. The average Bonchev–Trinajstić information content (AvgIpc) is 4.14. The normalized spacial score (nSPS) is 21.5. The summed E-state index contributed by atoms with van der Waals surface area (Å²) in [6, 6.07) is 64.2. The molecular weight excluding hydrogens is 899 g/mol.